The van der Waals surface area contributed by atoms with E-state index >= 15 is 0 Å². The van der Waals surface area contributed by atoms with E-state index in [0.717, 1.165) is 45.8 Å². The highest BCUT2D eigenvalue weighted by Crippen LogP contribution is 2.05. The van der Waals surface area contributed by atoms with Crippen molar-refractivity contribution in [1.82, 2.24) is 14.7 Å². The second-order valence-corrected chi connectivity index (χ2v) is 5.33. The van der Waals surface area contributed by atoms with Crippen LogP contribution in [0, 0.1) is 0 Å². The lowest BCUT2D eigenvalue weighted by Gasteiger charge is -2.34. The molecule has 0 aliphatic carbocycles. The fourth-order valence-corrected chi connectivity index (χ4v) is 2.16. The van der Waals surface area contributed by atoms with Gasteiger partial charge < -0.3 is 10.0 Å². The van der Waals surface area contributed by atoms with Crippen LogP contribution in [0.15, 0.2) is 11.6 Å². The largest absolute Gasteiger partial charge is 0.478 e. The average Bonchev–Trinajstić information content (AvgIpc) is 2.38. The van der Waals surface area contributed by atoms with Gasteiger partial charge in [-0.2, -0.15) is 0 Å². The van der Waals surface area contributed by atoms with Crippen LogP contribution in [0.1, 0.15) is 13.3 Å². The van der Waals surface area contributed by atoms with E-state index in [1.54, 1.807) is 0 Å². The smallest absolute Gasteiger partial charge is 0.331 e. The van der Waals surface area contributed by atoms with Crippen molar-refractivity contribution in [2.24, 2.45) is 0 Å². The zero-order valence-electron chi connectivity index (χ0n) is 12.4. The summed E-state index contributed by atoms with van der Waals surface area (Å²) in [5, 5.41) is 8.97. The predicted molar refractivity (Wildman–Crippen MR) is 77.4 cm³/mol. The topological polar surface area (TPSA) is 47.0 Å². The number of nitrogens with zero attached hydrogens (tertiary/aromatic N) is 3. The number of rotatable bonds is 7. The van der Waals surface area contributed by atoms with Gasteiger partial charge in [-0.05, 0) is 20.5 Å². The fraction of sp³-hybridized carbons (Fsp3) is 0.786. The minimum Gasteiger partial charge on any atom is -0.478 e. The Balaban J connectivity index is 2.28. The highest BCUT2D eigenvalue weighted by molar-refractivity contribution is 5.86. The van der Waals surface area contributed by atoms with Gasteiger partial charge in [-0.1, -0.05) is 13.0 Å². The Morgan fingerprint density at radius 3 is 2.26 bits per heavy atom. The number of carbonyl (C=O) groups is 1. The summed E-state index contributed by atoms with van der Waals surface area (Å²) in [5.41, 5.74) is 0.523. The molecule has 5 nitrogen and oxygen atoms in total. The monoisotopic (exact) mass is 269 g/mol. The molecule has 1 heterocycles. The molecule has 1 rings (SSSR count). The normalized spacial score (nSPS) is 19.1. The third kappa shape index (κ3) is 6.18. The molecule has 0 aromatic carbocycles. The number of likely N-dealkylation sites (N-methyl/N-ethyl adjacent to an activating group) is 1. The number of hydrogen-bond donors (Lipinski definition) is 1. The van der Waals surface area contributed by atoms with Crippen LogP contribution in [0.2, 0.25) is 0 Å². The fourth-order valence-electron chi connectivity index (χ4n) is 2.16. The Labute approximate surface area is 116 Å². The van der Waals surface area contributed by atoms with Gasteiger partial charge in [-0.3, -0.25) is 9.80 Å². The first-order valence-electron chi connectivity index (χ1n) is 7.04. The zero-order valence-corrected chi connectivity index (χ0v) is 12.4. The number of carboxylic acid groups (broad SMARTS) is 1. The van der Waals surface area contributed by atoms with E-state index in [2.05, 4.69) is 28.8 Å². The summed E-state index contributed by atoms with van der Waals surface area (Å²) in [6.45, 7) is 9.08. The molecule has 5 heteroatoms. The van der Waals surface area contributed by atoms with Gasteiger partial charge in [0.2, 0.25) is 0 Å². The second-order valence-electron chi connectivity index (χ2n) is 5.33. The standard InChI is InChI=1S/C14H27N3O2/c1-4-13(14(18)19)5-6-16-9-11-17(12-10-16)8-7-15(2)3/h5H,4,6-12H2,1-3H3,(H,18,19). The molecule has 0 saturated carbocycles. The Bertz CT molecular complexity index is 308. The first-order chi connectivity index (χ1) is 9.02. The van der Waals surface area contributed by atoms with E-state index < -0.39 is 5.97 Å². The summed E-state index contributed by atoms with van der Waals surface area (Å²) < 4.78 is 0. The third-order valence-corrected chi connectivity index (χ3v) is 3.58. The van der Waals surface area contributed by atoms with Crippen molar-refractivity contribution in [3.63, 3.8) is 0 Å². The van der Waals surface area contributed by atoms with E-state index in [-0.39, 0.29) is 0 Å². The molecule has 0 atom stereocenters. The molecule has 0 bridgehead atoms. The summed E-state index contributed by atoms with van der Waals surface area (Å²) in [5.74, 6) is -0.785. The number of aliphatic carboxylic acids is 1. The van der Waals surface area contributed by atoms with Gasteiger partial charge >= 0.3 is 5.97 Å². The zero-order chi connectivity index (χ0) is 14.3. The Morgan fingerprint density at radius 1 is 1.21 bits per heavy atom. The SMILES string of the molecule is CCC(=CCN1CCN(CCN(C)C)CC1)C(=O)O. The van der Waals surface area contributed by atoms with Crippen molar-refractivity contribution >= 4 is 5.97 Å². The molecule has 1 aliphatic heterocycles. The van der Waals surface area contributed by atoms with Crippen molar-refractivity contribution < 1.29 is 9.90 Å². The van der Waals surface area contributed by atoms with Crippen LogP contribution >= 0.6 is 0 Å². The molecular formula is C14H27N3O2. The summed E-state index contributed by atoms with van der Waals surface area (Å²) in [6.07, 6.45) is 2.45. The van der Waals surface area contributed by atoms with Crippen LogP contribution in [0.5, 0.6) is 0 Å². The van der Waals surface area contributed by atoms with Crippen LogP contribution in [0.3, 0.4) is 0 Å². The second kappa shape index (κ2) is 8.30. The van der Waals surface area contributed by atoms with Crippen LogP contribution in [-0.4, -0.2) is 85.7 Å². The van der Waals surface area contributed by atoms with Crippen molar-refractivity contribution in [3.8, 4) is 0 Å². The van der Waals surface area contributed by atoms with E-state index in [0.29, 0.717) is 12.0 Å². The van der Waals surface area contributed by atoms with Crippen molar-refractivity contribution in [2.45, 2.75) is 13.3 Å². The first-order valence-corrected chi connectivity index (χ1v) is 7.04. The molecule has 0 amide bonds. The van der Waals surface area contributed by atoms with Gasteiger partial charge in [-0.25, -0.2) is 4.79 Å². The van der Waals surface area contributed by atoms with E-state index in [9.17, 15) is 4.79 Å². The third-order valence-electron chi connectivity index (χ3n) is 3.58. The summed E-state index contributed by atoms with van der Waals surface area (Å²) in [7, 11) is 4.19. The van der Waals surface area contributed by atoms with E-state index in [4.69, 9.17) is 5.11 Å². The molecule has 0 aromatic heterocycles. The first kappa shape index (κ1) is 16.1. The van der Waals surface area contributed by atoms with Crippen LogP contribution in [-0.2, 0) is 4.79 Å². The lowest BCUT2D eigenvalue weighted by Crippen LogP contribution is -2.47. The van der Waals surface area contributed by atoms with Crippen molar-refractivity contribution in [2.75, 3.05) is 59.9 Å². The van der Waals surface area contributed by atoms with Gasteiger partial charge in [0, 0.05) is 51.4 Å². The van der Waals surface area contributed by atoms with Gasteiger partial charge in [0.1, 0.15) is 0 Å². The Hall–Kier alpha value is -0.910. The molecule has 0 aromatic rings. The van der Waals surface area contributed by atoms with E-state index in [1.807, 2.05) is 13.0 Å². The minimum atomic E-state index is -0.785. The van der Waals surface area contributed by atoms with Crippen LogP contribution in [0.4, 0.5) is 0 Å². The maximum Gasteiger partial charge on any atom is 0.331 e. The predicted octanol–water partition coefficient (Wildman–Crippen LogP) is 0.587. The minimum absolute atomic E-state index is 0.523. The summed E-state index contributed by atoms with van der Waals surface area (Å²) in [6, 6.07) is 0. The molecule has 1 saturated heterocycles. The molecular weight excluding hydrogens is 242 g/mol. The van der Waals surface area contributed by atoms with Crippen LogP contribution in [0.25, 0.3) is 0 Å². The van der Waals surface area contributed by atoms with Crippen LogP contribution < -0.4 is 0 Å². The highest BCUT2D eigenvalue weighted by Gasteiger charge is 2.16. The summed E-state index contributed by atoms with van der Waals surface area (Å²) in [4.78, 5) is 17.9. The molecule has 0 spiro atoms. The number of carboxylic acids is 1. The molecule has 1 fully saturated rings. The number of piperazine rings is 1. The maximum atomic E-state index is 10.9. The molecule has 0 unspecified atom stereocenters. The molecule has 0 radical (unpaired) electrons. The lowest BCUT2D eigenvalue weighted by atomic mass is 10.2. The lowest BCUT2D eigenvalue weighted by molar-refractivity contribution is -0.132. The quantitative estimate of drug-likeness (QED) is 0.685. The van der Waals surface area contributed by atoms with Crippen molar-refractivity contribution in [3.05, 3.63) is 11.6 Å². The van der Waals surface area contributed by atoms with Gasteiger partial charge in [0.15, 0.2) is 0 Å². The molecule has 1 aliphatic rings. The molecule has 1 N–H and O–H groups in total. The molecule has 110 valence electrons. The maximum absolute atomic E-state index is 10.9. The van der Waals surface area contributed by atoms with E-state index in [1.165, 1.54) is 0 Å². The Morgan fingerprint density at radius 2 is 1.79 bits per heavy atom. The van der Waals surface area contributed by atoms with Crippen molar-refractivity contribution in [1.29, 1.82) is 0 Å². The van der Waals surface area contributed by atoms with Gasteiger partial charge in [0.25, 0.3) is 0 Å². The molecule has 19 heavy (non-hydrogen) atoms. The van der Waals surface area contributed by atoms with Gasteiger partial charge in [0.05, 0.1) is 0 Å². The highest BCUT2D eigenvalue weighted by atomic mass is 16.4. The summed E-state index contributed by atoms with van der Waals surface area (Å²) >= 11 is 0. The number of hydrogen-bond acceptors (Lipinski definition) is 4. The van der Waals surface area contributed by atoms with Gasteiger partial charge in [-0.15, -0.1) is 0 Å². The Kier molecular flexibility index (Phi) is 7.05. The average molecular weight is 269 g/mol.